The first-order valence-corrected chi connectivity index (χ1v) is 8.90. The Balaban J connectivity index is 1.70. The smallest absolute Gasteiger partial charge is 0.175 e. The van der Waals surface area contributed by atoms with E-state index in [0.717, 1.165) is 18.0 Å². The van der Waals surface area contributed by atoms with Gasteiger partial charge in [0, 0.05) is 6.26 Å². The monoisotopic (exact) mass is 347 g/mol. The Morgan fingerprint density at radius 1 is 1.21 bits per heavy atom. The van der Waals surface area contributed by atoms with Gasteiger partial charge in [-0.25, -0.2) is 12.8 Å². The van der Waals surface area contributed by atoms with Crippen molar-refractivity contribution in [1.82, 2.24) is 15.2 Å². The van der Waals surface area contributed by atoms with Crippen LogP contribution < -0.4 is 4.74 Å². The van der Waals surface area contributed by atoms with Crippen LogP contribution in [0.2, 0.25) is 0 Å². The molecule has 0 aliphatic rings. The molecule has 3 rings (SSSR count). The van der Waals surface area contributed by atoms with E-state index in [0.29, 0.717) is 11.4 Å². The Hall–Kier alpha value is -2.74. The van der Waals surface area contributed by atoms with Crippen molar-refractivity contribution >= 4 is 9.84 Å². The van der Waals surface area contributed by atoms with Gasteiger partial charge < -0.3 is 4.74 Å². The molecule has 0 unspecified atom stereocenters. The number of pyridine rings is 1. The van der Waals surface area contributed by atoms with Crippen molar-refractivity contribution in [2.45, 2.75) is 11.5 Å². The molecule has 0 bridgehead atoms. The Labute approximate surface area is 138 Å². The molecule has 0 saturated heterocycles. The fourth-order valence-corrected chi connectivity index (χ4v) is 2.79. The Morgan fingerprint density at radius 2 is 2.04 bits per heavy atom. The molecular weight excluding hydrogens is 333 g/mol. The van der Waals surface area contributed by atoms with Crippen LogP contribution >= 0.6 is 0 Å². The van der Waals surface area contributed by atoms with Crippen molar-refractivity contribution in [2.24, 2.45) is 0 Å². The van der Waals surface area contributed by atoms with Gasteiger partial charge in [-0.1, -0.05) is 12.1 Å². The summed E-state index contributed by atoms with van der Waals surface area (Å²) in [5.74, 6) is 0.0113. The SMILES string of the molecule is CS(=O)(=O)c1cccc(COc2ccc(-c3[nH]ncc3F)nc2)c1. The number of halogens is 1. The minimum absolute atomic E-state index is 0.197. The van der Waals surface area contributed by atoms with E-state index in [2.05, 4.69) is 15.2 Å². The molecule has 6 nitrogen and oxygen atoms in total. The highest BCUT2D eigenvalue weighted by Crippen LogP contribution is 2.20. The van der Waals surface area contributed by atoms with Gasteiger partial charge in [-0.2, -0.15) is 5.10 Å². The predicted molar refractivity (Wildman–Crippen MR) is 85.7 cm³/mol. The molecule has 1 N–H and O–H groups in total. The Morgan fingerprint density at radius 3 is 2.67 bits per heavy atom. The molecule has 0 aliphatic heterocycles. The molecule has 0 fully saturated rings. The number of hydrogen-bond donors (Lipinski definition) is 1. The van der Waals surface area contributed by atoms with Crippen molar-refractivity contribution in [3.63, 3.8) is 0 Å². The van der Waals surface area contributed by atoms with E-state index in [4.69, 9.17) is 4.74 Å². The van der Waals surface area contributed by atoms with Gasteiger partial charge in [0.15, 0.2) is 15.7 Å². The maximum Gasteiger partial charge on any atom is 0.175 e. The number of rotatable bonds is 5. The van der Waals surface area contributed by atoms with Crippen molar-refractivity contribution in [1.29, 1.82) is 0 Å². The summed E-state index contributed by atoms with van der Waals surface area (Å²) < 4.78 is 42.1. The van der Waals surface area contributed by atoms with Crippen LogP contribution in [0.15, 0.2) is 53.7 Å². The summed E-state index contributed by atoms with van der Waals surface area (Å²) in [5, 5.41) is 6.14. The molecule has 2 heterocycles. The molecule has 0 radical (unpaired) electrons. The number of H-pyrrole nitrogens is 1. The minimum Gasteiger partial charge on any atom is -0.487 e. The van der Waals surface area contributed by atoms with Crippen molar-refractivity contribution in [3.05, 3.63) is 60.2 Å². The summed E-state index contributed by atoms with van der Waals surface area (Å²) in [7, 11) is -3.26. The van der Waals surface area contributed by atoms with Gasteiger partial charge in [0.25, 0.3) is 0 Å². The van der Waals surface area contributed by atoms with E-state index in [-0.39, 0.29) is 17.2 Å². The Bertz CT molecular complexity index is 953. The fourth-order valence-electron chi connectivity index (χ4n) is 2.10. The van der Waals surface area contributed by atoms with Crippen molar-refractivity contribution in [2.75, 3.05) is 6.26 Å². The second-order valence-electron chi connectivity index (χ2n) is 5.18. The summed E-state index contributed by atoms with van der Waals surface area (Å²) in [6.45, 7) is 0.197. The third kappa shape index (κ3) is 3.60. The van der Waals surface area contributed by atoms with Gasteiger partial charge in [-0.3, -0.25) is 10.1 Å². The van der Waals surface area contributed by atoms with Crippen LogP contribution in [-0.2, 0) is 16.4 Å². The number of aromatic nitrogens is 3. The average Bonchev–Trinajstić information content (AvgIpc) is 2.99. The highest BCUT2D eigenvalue weighted by molar-refractivity contribution is 7.90. The van der Waals surface area contributed by atoms with E-state index in [1.807, 2.05) is 0 Å². The second-order valence-corrected chi connectivity index (χ2v) is 7.20. The number of hydrogen-bond acceptors (Lipinski definition) is 5. The summed E-state index contributed by atoms with van der Waals surface area (Å²) >= 11 is 0. The van der Waals surface area contributed by atoms with Crippen LogP contribution in [0, 0.1) is 5.82 Å². The zero-order chi connectivity index (χ0) is 17.2. The Kier molecular flexibility index (Phi) is 4.30. The molecule has 3 aromatic rings. The first-order valence-electron chi connectivity index (χ1n) is 7.00. The predicted octanol–water partition coefficient (Wildman–Crippen LogP) is 2.59. The van der Waals surface area contributed by atoms with Gasteiger partial charge in [0.2, 0.25) is 0 Å². The molecule has 124 valence electrons. The second kappa shape index (κ2) is 6.40. The molecule has 0 aliphatic carbocycles. The topological polar surface area (TPSA) is 84.9 Å². The maximum absolute atomic E-state index is 13.4. The summed E-state index contributed by atoms with van der Waals surface area (Å²) in [6, 6.07) is 9.81. The van der Waals surface area contributed by atoms with Gasteiger partial charge in [-0.05, 0) is 29.8 Å². The molecule has 0 atom stereocenters. The number of sulfone groups is 1. The third-order valence-electron chi connectivity index (χ3n) is 3.32. The quantitative estimate of drug-likeness (QED) is 0.767. The van der Waals surface area contributed by atoms with Crippen LogP contribution in [-0.4, -0.2) is 29.9 Å². The normalized spacial score (nSPS) is 11.4. The van der Waals surface area contributed by atoms with Crippen molar-refractivity contribution < 1.29 is 17.5 Å². The van der Waals surface area contributed by atoms with Gasteiger partial charge in [-0.15, -0.1) is 0 Å². The highest BCUT2D eigenvalue weighted by atomic mass is 32.2. The van der Waals surface area contributed by atoms with Crippen LogP contribution in [0.3, 0.4) is 0 Å². The molecule has 0 amide bonds. The van der Waals surface area contributed by atoms with Crippen LogP contribution in [0.5, 0.6) is 5.75 Å². The standard InChI is InChI=1S/C16H14FN3O3S/c1-24(21,22)13-4-2-3-11(7-13)10-23-12-5-6-15(18-8-12)16-14(17)9-19-20-16/h2-9H,10H2,1H3,(H,19,20). The molecule has 8 heteroatoms. The van der Waals surface area contributed by atoms with Gasteiger partial charge >= 0.3 is 0 Å². The number of nitrogens with one attached hydrogen (secondary N) is 1. The molecule has 0 saturated carbocycles. The number of nitrogens with zero attached hydrogens (tertiary/aromatic N) is 2. The third-order valence-corrected chi connectivity index (χ3v) is 4.43. The first kappa shape index (κ1) is 16.1. The zero-order valence-electron chi connectivity index (χ0n) is 12.7. The van der Waals surface area contributed by atoms with E-state index in [9.17, 15) is 12.8 Å². The van der Waals surface area contributed by atoms with Gasteiger partial charge in [0.1, 0.15) is 18.1 Å². The number of benzene rings is 1. The van der Waals surface area contributed by atoms with Crippen LogP contribution in [0.1, 0.15) is 5.56 Å². The lowest BCUT2D eigenvalue weighted by Crippen LogP contribution is -2.00. The molecule has 24 heavy (non-hydrogen) atoms. The largest absolute Gasteiger partial charge is 0.487 e. The van der Waals surface area contributed by atoms with E-state index < -0.39 is 15.7 Å². The molecular formula is C16H14FN3O3S. The first-order chi connectivity index (χ1) is 11.4. The highest BCUT2D eigenvalue weighted by Gasteiger charge is 2.09. The van der Waals surface area contributed by atoms with Crippen LogP contribution in [0.4, 0.5) is 4.39 Å². The average molecular weight is 347 g/mol. The zero-order valence-corrected chi connectivity index (χ0v) is 13.5. The maximum atomic E-state index is 13.4. The van der Waals surface area contributed by atoms with Gasteiger partial charge in [0.05, 0.1) is 23.0 Å². The summed E-state index contributed by atoms with van der Waals surface area (Å²) in [6.07, 6.45) is 3.70. The van der Waals surface area contributed by atoms with E-state index in [1.165, 1.54) is 12.3 Å². The number of ether oxygens (including phenoxy) is 1. The minimum atomic E-state index is -3.26. The summed E-state index contributed by atoms with van der Waals surface area (Å²) in [5.41, 5.74) is 1.35. The van der Waals surface area contributed by atoms with E-state index in [1.54, 1.807) is 30.3 Å². The molecule has 2 aromatic heterocycles. The lowest BCUT2D eigenvalue weighted by molar-refractivity contribution is 0.305. The van der Waals surface area contributed by atoms with Crippen molar-refractivity contribution in [3.8, 4) is 17.1 Å². The summed E-state index contributed by atoms with van der Waals surface area (Å²) in [4.78, 5) is 4.36. The van der Waals surface area contributed by atoms with E-state index >= 15 is 0 Å². The van der Waals surface area contributed by atoms with Crippen LogP contribution in [0.25, 0.3) is 11.4 Å². The fraction of sp³-hybridized carbons (Fsp3) is 0.125. The lowest BCUT2D eigenvalue weighted by Gasteiger charge is -2.07. The molecule has 0 spiro atoms. The lowest BCUT2D eigenvalue weighted by atomic mass is 10.2. The molecule has 1 aromatic carbocycles. The number of aromatic amines is 1.